The van der Waals surface area contributed by atoms with Crippen molar-refractivity contribution in [1.29, 1.82) is 0 Å². The van der Waals surface area contributed by atoms with Crippen LogP contribution in [-0.4, -0.2) is 38.1 Å². The quantitative estimate of drug-likeness (QED) is 0.249. The van der Waals surface area contributed by atoms with E-state index in [-0.39, 0.29) is 16.3 Å². The highest BCUT2D eigenvalue weighted by atomic mass is 35.5. The number of methoxy groups -OCH3 is 2. The molecule has 0 aliphatic carbocycles. The number of hydrazone groups is 1. The van der Waals surface area contributed by atoms with Crippen LogP contribution in [0, 0.1) is 5.92 Å². The van der Waals surface area contributed by atoms with Crippen molar-refractivity contribution >= 4 is 23.7 Å². The standard InChI is InChI=1S/C24H31ClN2O5/c1-16(2)8-6-5-7-11-32-23-21(30-3)12-17(13-22(23)31-4)15-26-27-24(29)18-9-10-20(28)19(25)14-18/h9-10,12-16,28H,5-8,11H2,1-4H3,(H,27,29)/b26-15+. The van der Waals surface area contributed by atoms with Crippen LogP contribution in [0.2, 0.25) is 5.02 Å². The number of aromatic hydroxyl groups is 1. The summed E-state index contributed by atoms with van der Waals surface area (Å²) in [4.78, 5) is 12.2. The third-order valence-corrected chi connectivity index (χ3v) is 5.05. The largest absolute Gasteiger partial charge is 0.506 e. The molecule has 7 nitrogen and oxygen atoms in total. The van der Waals surface area contributed by atoms with Crippen molar-refractivity contribution in [2.45, 2.75) is 39.5 Å². The Hall–Kier alpha value is -2.93. The molecule has 1 amide bonds. The van der Waals surface area contributed by atoms with Crippen molar-refractivity contribution in [3.8, 4) is 23.0 Å². The van der Waals surface area contributed by atoms with Crippen molar-refractivity contribution in [1.82, 2.24) is 5.43 Å². The lowest BCUT2D eigenvalue weighted by Gasteiger charge is -2.15. The van der Waals surface area contributed by atoms with Gasteiger partial charge in [0.1, 0.15) is 5.75 Å². The summed E-state index contributed by atoms with van der Waals surface area (Å²) in [6, 6.07) is 7.67. The minimum absolute atomic E-state index is 0.0895. The maximum absolute atomic E-state index is 12.2. The second kappa shape index (κ2) is 12.8. The highest BCUT2D eigenvalue weighted by molar-refractivity contribution is 6.32. The molecule has 0 atom stereocenters. The zero-order valence-corrected chi connectivity index (χ0v) is 19.7. The molecule has 174 valence electrons. The Balaban J connectivity index is 2.01. The van der Waals surface area contributed by atoms with Crippen molar-refractivity contribution < 1.29 is 24.1 Å². The van der Waals surface area contributed by atoms with Crippen molar-refractivity contribution in [3.05, 3.63) is 46.5 Å². The van der Waals surface area contributed by atoms with Gasteiger partial charge in [-0.1, -0.05) is 44.7 Å². The van der Waals surface area contributed by atoms with E-state index >= 15 is 0 Å². The third kappa shape index (κ3) is 7.64. The van der Waals surface area contributed by atoms with E-state index in [1.165, 1.54) is 37.3 Å². The van der Waals surface area contributed by atoms with Crippen LogP contribution in [0.1, 0.15) is 55.5 Å². The van der Waals surface area contributed by atoms with Gasteiger partial charge in [0.15, 0.2) is 11.5 Å². The topological polar surface area (TPSA) is 89.4 Å². The number of hydrogen-bond donors (Lipinski definition) is 2. The summed E-state index contributed by atoms with van der Waals surface area (Å²) < 4.78 is 16.9. The van der Waals surface area contributed by atoms with E-state index in [0.717, 1.165) is 12.8 Å². The van der Waals surface area contributed by atoms with Crippen molar-refractivity contribution in [2.75, 3.05) is 20.8 Å². The van der Waals surface area contributed by atoms with Gasteiger partial charge >= 0.3 is 0 Å². The zero-order valence-electron chi connectivity index (χ0n) is 19.0. The van der Waals surface area contributed by atoms with Crippen LogP contribution < -0.4 is 19.6 Å². The molecule has 0 unspecified atom stereocenters. The Morgan fingerprint density at radius 3 is 2.41 bits per heavy atom. The fourth-order valence-electron chi connectivity index (χ4n) is 3.00. The van der Waals surface area contributed by atoms with Gasteiger partial charge in [-0.15, -0.1) is 0 Å². The first-order valence-corrected chi connectivity index (χ1v) is 10.9. The Kier molecular flexibility index (Phi) is 10.1. The molecule has 2 rings (SSSR count). The van der Waals surface area contributed by atoms with Gasteiger partial charge in [-0.05, 0) is 42.7 Å². The minimum atomic E-state index is -0.459. The first-order valence-electron chi connectivity index (χ1n) is 10.6. The maximum Gasteiger partial charge on any atom is 0.271 e. The number of carbonyl (C=O) groups is 1. The summed E-state index contributed by atoms with van der Waals surface area (Å²) in [6.45, 7) is 5.03. The highest BCUT2D eigenvalue weighted by Gasteiger charge is 2.14. The number of carbonyl (C=O) groups excluding carboxylic acids is 1. The number of amides is 1. The van der Waals surface area contributed by atoms with Crippen LogP contribution in [0.3, 0.4) is 0 Å². The van der Waals surface area contributed by atoms with E-state index in [0.29, 0.717) is 35.3 Å². The smallest absolute Gasteiger partial charge is 0.271 e. The average Bonchev–Trinajstić information content (AvgIpc) is 2.77. The number of hydrogen-bond acceptors (Lipinski definition) is 6. The molecule has 0 heterocycles. The van der Waals surface area contributed by atoms with Crippen LogP contribution in [0.25, 0.3) is 0 Å². The summed E-state index contributed by atoms with van der Waals surface area (Å²) >= 11 is 5.83. The Morgan fingerprint density at radius 2 is 1.81 bits per heavy atom. The first kappa shape index (κ1) is 25.3. The SMILES string of the molecule is COc1cc(/C=N/NC(=O)c2ccc(O)c(Cl)c2)cc(OC)c1OCCCCCC(C)C. The van der Waals surface area contributed by atoms with E-state index < -0.39 is 5.91 Å². The predicted molar refractivity (Wildman–Crippen MR) is 127 cm³/mol. The number of rotatable bonds is 12. The zero-order chi connectivity index (χ0) is 23.5. The molecule has 0 fully saturated rings. The molecule has 0 aromatic heterocycles. The second-order valence-electron chi connectivity index (χ2n) is 7.71. The van der Waals surface area contributed by atoms with Gasteiger partial charge in [-0.25, -0.2) is 5.43 Å². The van der Waals surface area contributed by atoms with Gasteiger partial charge in [0.2, 0.25) is 5.75 Å². The molecule has 2 N–H and O–H groups in total. The molecular weight excluding hydrogens is 432 g/mol. The average molecular weight is 463 g/mol. The van der Waals surface area contributed by atoms with E-state index in [1.807, 2.05) is 0 Å². The molecule has 0 saturated carbocycles. The van der Waals surface area contributed by atoms with Crippen LogP contribution in [0.15, 0.2) is 35.4 Å². The van der Waals surface area contributed by atoms with Crippen molar-refractivity contribution in [3.63, 3.8) is 0 Å². The molecular formula is C24H31ClN2O5. The van der Waals surface area contributed by atoms with Crippen LogP contribution in [-0.2, 0) is 0 Å². The number of unbranched alkanes of at least 4 members (excludes halogenated alkanes) is 2. The van der Waals surface area contributed by atoms with E-state index in [2.05, 4.69) is 24.4 Å². The fraction of sp³-hybridized carbons (Fsp3) is 0.417. The number of phenolic OH excluding ortho intramolecular Hbond substituents is 1. The fourth-order valence-corrected chi connectivity index (χ4v) is 3.18. The maximum atomic E-state index is 12.2. The Bertz CT molecular complexity index is 906. The molecule has 2 aromatic carbocycles. The molecule has 2 aromatic rings. The number of benzene rings is 2. The number of nitrogens with one attached hydrogen (secondary N) is 1. The number of nitrogens with zero attached hydrogens (tertiary/aromatic N) is 1. The second-order valence-corrected chi connectivity index (χ2v) is 8.12. The Morgan fingerprint density at radius 1 is 1.12 bits per heavy atom. The van der Waals surface area contributed by atoms with Crippen LogP contribution in [0.4, 0.5) is 0 Å². The summed E-state index contributed by atoms with van der Waals surface area (Å²) in [5.41, 5.74) is 3.36. The Labute approximate surface area is 194 Å². The van der Waals surface area contributed by atoms with Gasteiger partial charge in [0.25, 0.3) is 5.91 Å². The van der Waals surface area contributed by atoms with Crippen LogP contribution in [0.5, 0.6) is 23.0 Å². The molecule has 0 spiro atoms. The summed E-state index contributed by atoms with van der Waals surface area (Å²) in [6.07, 6.45) is 5.94. The van der Waals surface area contributed by atoms with E-state index in [9.17, 15) is 9.90 Å². The monoisotopic (exact) mass is 462 g/mol. The third-order valence-electron chi connectivity index (χ3n) is 4.74. The van der Waals surface area contributed by atoms with Crippen LogP contribution >= 0.6 is 11.6 Å². The van der Waals surface area contributed by atoms with Gasteiger partial charge in [0.05, 0.1) is 32.1 Å². The minimum Gasteiger partial charge on any atom is -0.506 e. The van der Waals surface area contributed by atoms with E-state index in [4.69, 9.17) is 25.8 Å². The normalized spacial score (nSPS) is 11.1. The molecule has 0 aliphatic heterocycles. The lowest BCUT2D eigenvalue weighted by Crippen LogP contribution is -2.17. The summed E-state index contributed by atoms with van der Waals surface area (Å²) in [7, 11) is 3.11. The molecule has 0 bridgehead atoms. The lowest BCUT2D eigenvalue weighted by atomic mass is 10.1. The highest BCUT2D eigenvalue weighted by Crippen LogP contribution is 2.38. The molecule has 0 saturated heterocycles. The van der Waals surface area contributed by atoms with Gasteiger partial charge in [0, 0.05) is 11.1 Å². The molecule has 8 heteroatoms. The molecule has 0 aliphatic rings. The molecule has 32 heavy (non-hydrogen) atoms. The summed E-state index contributed by atoms with van der Waals surface area (Å²) in [5.74, 6) is 1.74. The number of phenols is 1. The predicted octanol–water partition coefficient (Wildman–Crippen LogP) is 5.42. The van der Waals surface area contributed by atoms with E-state index in [1.54, 1.807) is 26.4 Å². The van der Waals surface area contributed by atoms with Gasteiger partial charge in [-0.3, -0.25) is 4.79 Å². The lowest BCUT2D eigenvalue weighted by molar-refractivity contribution is 0.0955. The van der Waals surface area contributed by atoms with Crippen molar-refractivity contribution in [2.24, 2.45) is 11.0 Å². The summed E-state index contributed by atoms with van der Waals surface area (Å²) in [5, 5.41) is 13.5. The molecule has 0 radical (unpaired) electrons. The number of ether oxygens (including phenoxy) is 3. The van der Waals surface area contributed by atoms with Gasteiger partial charge in [-0.2, -0.15) is 5.10 Å². The first-order chi connectivity index (χ1) is 15.3. The number of halogens is 1. The van der Waals surface area contributed by atoms with Gasteiger partial charge < -0.3 is 19.3 Å².